The molecule has 0 saturated carbocycles. The SMILES string of the molecule is N#Cc1cc(C#N)cc(-c2c(-c3ccc4c(c3)c3ccccc3n4-c3ccccc3)ccc3[nH]c4ccccc4c23)c1. The first-order chi connectivity index (χ1) is 20.7. The number of fused-ring (bicyclic) bond motifs is 6. The number of hydrogen-bond acceptors (Lipinski definition) is 2. The fourth-order valence-corrected chi connectivity index (χ4v) is 6.38. The normalized spacial score (nSPS) is 11.3. The van der Waals surface area contributed by atoms with Crippen LogP contribution in [0.4, 0.5) is 0 Å². The van der Waals surface area contributed by atoms with E-state index in [1.165, 1.54) is 10.8 Å². The average molecular weight is 535 g/mol. The standard InChI is InChI=1S/C38H22N4/c39-22-24-18-25(23-40)20-27(19-24)37-29(15-16-34-38(37)31-11-4-6-12-33(31)41-34)26-14-17-36-32(21-26)30-10-5-7-13-35(30)42(36)28-8-2-1-3-9-28/h1-21,41H. The van der Waals surface area contributed by atoms with Gasteiger partial charge in [-0.15, -0.1) is 0 Å². The summed E-state index contributed by atoms with van der Waals surface area (Å²) in [4.78, 5) is 3.57. The number of aromatic amines is 1. The number of para-hydroxylation sites is 3. The second-order valence-corrected chi connectivity index (χ2v) is 10.5. The zero-order valence-corrected chi connectivity index (χ0v) is 22.5. The highest BCUT2D eigenvalue weighted by Crippen LogP contribution is 2.43. The number of benzene rings is 6. The molecule has 1 N–H and O–H groups in total. The maximum atomic E-state index is 9.81. The Balaban J connectivity index is 1.47. The van der Waals surface area contributed by atoms with Gasteiger partial charge in [-0.25, -0.2) is 0 Å². The predicted octanol–water partition coefficient (Wildman–Crippen LogP) is 9.50. The van der Waals surface area contributed by atoms with Crippen molar-refractivity contribution in [2.45, 2.75) is 0 Å². The van der Waals surface area contributed by atoms with Crippen molar-refractivity contribution < 1.29 is 0 Å². The van der Waals surface area contributed by atoms with Gasteiger partial charge in [0.25, 0.3) is 0 Å². The fraction of sp³-hybridized carbons (Fsp3) is 0. The lowest BCUT2D eigenvalue weighted by atomic mass is 9.88. The van der Waals surface area contributed by atoms with Crippen molar-refractivity contribution >= 4 is 43.6 Å². The molecule has 0 atom stereocenters. The van der Waals surface area contributed by atoms with Crippen LogP contribution in [-0.2, 0) is 0 Å². The molecule has 0 aliphatic heterocycles. The Labute approximate surface area is 241 Å². The average Bonchev–Trinajstić information content (AvgIpc) is 3.60. The van der Waals surface area contributed by atoms with E-state index in [9.17, 15) is 10.5 Å². The van der Waals surface area contributed by atoms with Crippen LogP contribution in [-0.4, -0.2) is 9.55 Å². The second-order valence-electron chi connectivity index (χ2n) is 10.5. The van der Waals surface area contributed by atoms with E-state index < -0.39 is 0 Å². The van der Waals surface area contributed by atoms with Gasteiger partial charge in [-0.2, -0.15) is 10.5 Å². The van der Waals surface area contributed by atoms with Crippen LogP contribution in [0.5, 0.6) is 0 Å². The van der Waals surface area contributed by atoms with Crippen LogP contribution >= 0.6 is 0 Å². The van der Waals surface area contributed by atoms with Crippen molar-refractivity contribution in [3.63, 3.8) is 0 Å². The Morgan fingerprint density at radius 3 is 2.00 bits per heavy atom. The molecule has 194 valence electrons. The van der Waals surface area contributed by atoms with Crippen molar-refractivity contribution in [2.24, 2.45) is 0 Å². The largest absolute Gasteiger partial charge is 0.354 e. The minimum Gasteiger partial charge on any atom is -0.354 e. The Morgan fingerprint density at radius 1 is 0.524 bits per heavy atom. The van der Waals surface area contributed by atoms with E-state index in [1.54, 1.807) is 6.07 Å². The quantitative estimate of drug-likeness (QED) is 0.245. The molecule has 0 spiro atoms. The van der Waals surface area contributed by atoms with Gasteiger partial charge in [0.05, 0.1) is 34.3 Å². The highest BCUT2D eigenvalue weighted by Gasteiger charge is 2.19. The first-order valence-electron chi connectivity index (χ1n) is 13.8. The van der Waals surface area contributed by atoms with Gasteiger partial charge in [-0.3, -0.25) is 0 Å². The number of nitrogens with one attached hydrogen (secondary N) is 1. The van der Waals surface area contributed by atoms with Crippen molar-refractivity contribution in [3.8, 4) is 40.1 Å². The molecule has 2 aromatic heterocycles. The van der Waals surface area contributed by atoms with Gasteiger partial charge < -0.3 is 9.55 Å². The number of rotatable bonds is 3. The number of aromatic nitrogens is 2. The van der Waals surface area contributed by atoms with E-state index in [0.717, 1.165) is 60.8 Å². The molecule has 6 aromatic carbocycles. The van der Waals surface area contributed by atoms with Crippen LogP contribution in [0, 0.1) is 22.7 Å². The molecular formula is C38H22N4. The molecule has 8 aromatic rings. The molecule has 0 saturated heterocycles. The molecule has 0 radical (unpaired) electrons. The highest BCUT2D eigenvalue weighted by atomic mass is 15.0. The van der Waals surface area contributed by atoms with E-state index in [-0.39, 0.29) is 0 Å². The van der Waals surface area contributed by atoms with E-state index in [0.29, 0.717) is 11.1 Å². The van der Waals surface area contributed by atoms with Crippen molar-refractivity contribution in [3.05, 3.63) is 139 Å². The maximum Gasteiger partial charge on any atom is 0.0992 e. The fourth-order valence-electron chi connectivity index (χ4n) is 6.38. The lowest BCUT2D eigenvalue weighted by Gasteiger charge is -2.14. The topological polar surface area (TPSA) is 68.3 Å². The second kappa shape index (κ2) is 9.24. The summed E-state index contributed by atoms with van der Waals surface area (Å²) in [6.07, 6.45) is 0. The molecule has 42 heavy (non-hydrogen) atoms. The van der Waals surface area contributed by atoms with Gasteiger partial charge in [0.1, 0.15) is 0 Å². The maximum absolute atomic E-state index is 9.81. The Hall–Kier alpha value is -6.10. The van der Waals surface area contributed by atoms with Crippen LogP contribution in [0.15, 0.2) is 127 Å². The van der Waals surface area contributed by atoms with Crippen molar-refractivity contribution in [2.75, 3.05) is 0 Å². The van der Waals surface area contributed by atoms with Crippen LogP contribution in [0.25, 0.3) is 71.6 Å². The van der Waals surface area contributed by atoms with Crippen molar-refractivity contribution in [1.82, 2.24) is 9.55 Å². The molecule has 0 bridgehead atoms. The van der Waals surface area contributed by atoms with Crippen LogP contribution < -0.4 is 0 Å². The van der Waals surface area contributed by atoms with E-state index in [1.807, 2.05) is 30.3 Å². The molecule has 0 amide bonds. The summed E-state index contributed by atoms with van der Waals surface area (Å²) in [6.45, 7) is 0. The highest BCUT2D eigenvalue weighted by molar-refractivity contribution is 6.18. The molecule has 4 nitrogen and oxygen atoms in total. The molecule has 0 unspecified atom stereocenters. The van der Waals surface area contributed by atoms with Gasteiger partial charge in [0.2, 0.25) is 0 Å². The minimum atomic E-state index is 0.466. The molecule has 0 aliphatic rings. The number of nitrogens with zero attached hydrogens (tertiary/aromatic N) is 3. The van der Waals surface area contributed by atoms with Crippen LogP contribution in [0.3, 0.4) is 0 Å². The zero-order valence-electron chi connectivity index (χ0n) is 22.5. The van der Waals surface area contributed by atoms with Crippen LogP contribution in [0.2, 0.25) is 0 Å². The Morgan fingerprint density at radius 2 is 1.21 bits per heavy atom. The summed E-state index contributed by atoms with van der Waals surface area (Å²) in [5, 5.41) is 24.1. The molecule has 0 aliphatic carbocycles. The monoisotopic (exact) mass is 534 g/mol. The summed E-state index contributed by atoms with van der Waals surface area (Å²) in [6, 6.07) is 48.1. The third-order valence-electron chi connectivity index (χ3n) is 8.15. The first-order valence-corrected chi connectivity index (χ1v) is 13.8. The smallest absolute Gasteiger partial charge is 0.0992 e. The zero-order chi connectivity index (χ0) is 28.2. The van der Waals surface area contributed by atoms with E-state index in [2.05, 4.69) is 113 Å². The Bertz CT molecular complexity index is 2400. The third-order valence-corrected chi connectivity index (χ3v) is 8.15. The summed E-state index contributed by atoms with van der Waals surface area (Å²) in [5.41, 5.74) is 10.4. The summed E-state index contributed by atoms with van der Waals surface area (Å²) >= 11 is 0. The molecule has 2 heterocycles. The van der Waals surface area contributed by atoms with Gasteiger partial charge in [0, 0.05) is 38.3 Å². The lowest BCUT2D eigenvalue weighted by Crippen LogP contribution is -1.93. The molecule has 4 heteroatoms. The number of H-pyrrole nitrogens is 1. The molecular weight excluding hydrogens is 512 g/mol. The molecule has 8 rings (SSSR count). The Kier molecular flexibility index (Phi) is 5.22. The molecule has 0 fully saturated rings. The predicted molar refractivity (Wildman–Crippen MR) is 170 cm³/mol. The van der Waals surface area contributed by atoms with Gasteiger partial charge >= 0.3 is 0 Å². The first kappa shape index (κ1) is 23.8. The van der Waals surface area contributed by atoms with Gasteiger partial charge in [-0.05, 0) is 82.9 Å². The summed E-state index contributed by atoms with van der Waals surface area (Å²) < 4.78 is 2.31. The van der Waals surface area contributed by atoms with E-state index in [4.69, 9.17) is 0 Å². The van der Waals surface area contributed by atoms with Gasteiger partial charge in [-0.1, -0.05) is 66.7 Å². The summed E-state index contributed by atoms with van der Waals surface area (Å²) in [7, 11) is 0. The summed E-state index contributed by atoms with van der Waals surface area (Å²) in [5.74, 6) is 0. The third kappa shape index (κ3) is 3.53. The van der Waals surface area contributed by atoms with E-state index >= 15 is 0 Å². The lowest BCUT2D eigenvalue weighted by molar-refractivity contribution is 1.18. The number of hydrogen-bond donors (Lipinski definition) is 1. The number of nitriles is 2. The van der Waals surface area contributed by atoms with Gasteiger partial charge in [0.15, 0.2) is 0 Å². The van der Waals surface area contributed by atoms with Crippen LogP contribution in [0.1, 0.15) is 11.1 Å². The van der Waals surface area contributed by atoms with Crippen molar-refractivity contribution in [1.29, 1.82) is 10.5 Å². The minimum absolute atomic E-state index is 0.466.